The standard InChI is InChI=1S/2C9H10O3.2C9H8O3/c4*10-8-6-4-1-2-5(3-4)7(6)9(11)12-8/h2*4-7H,1-3H2;2*1-2,4-7H,3H2. The van der Waals surface area contributed by atoms with Crippen molar-refractivity contribution in [3.05, 3.63) is 24.3 Å². The Morgan fingerprint density at radius 2 is 0.521 bits per heavy atom. The van der Waals surface area contributed by atoms with E-state index in [-0.39, 0.29) is 119 Å². The van der Waals surface area contributed by atoms with Crippen molar-refractivity contribution in [1.82, 2.24) is 0 Å². The molecule has 6 saturated carbocycles. The quantitative estimate of drug-likeness (QED) is 0.161. The number of cyclic esters (lactones) is 8. The number of esters is 8. The van der Waals surface area contributed by atoms with Crippen molar-refractivity contribution in [3.63, 3.8) is 0 Å². The van der Waals surface area contributed by atoms with E-state index in [9.17, 15) is 38.4 Å². The molecule has 0 N–H and O–H groups in total. The van der Waals surface area contributed by atoms with Crippen molar-refractivity contribution < 1.29 is 57.3 Å². The van der Waals surface area contributed by atoms with E-state index in [0.717, 1.165) is 51.4 Å². The van der Waals surface area contributed by atoms with Crippen molar-refractivity contribution in [3.8, 4) is 0 Å². The molecular formula is C36H36O12. The smallest absolute Gasteiger partial charge is 0.318 e. The molecule has 4 heterocycles. The van der Waals surface area contributed by atoms with Gasteiger partial charge in [0, 0.05) is 0 Å². The summed E-state index contributed by atoms with van der Waals surface area (Å²) in [7, 11) is 0. The molecule has 12 rings (SSSR count). The number of carbonyl (C=O) groups is 8. The Balaban J connectivity index is 0.0000000871. The van der Waals surface area contributed by atoms with Crippen LogP contribution in [0.25, 0.3) is 0 Å². The zero-order valence-corrected chi connectivity index (χ0v) is 26.1. The van der Waals surface area contributed by atoms with Crippen molar-refractivity contribution in [2.45, 2.75) is 51.4 Å². The Morgan fingerprint density at radius 1 is 0.312 bits per heavy atom. The summed E-state index contributed by atoms with van der Waals surface area (Å²) in [4.78, 5) is 89.6. The first-order chi connectivity index (χ1) is 23.1. The lowest BCUT2D eigenvalue weighted by molar-refractivity contribution is -0.156. The zero-order chi connectivity index (χ0) is 33.2. The number of carbonyl (C=O) groups excluding carboxylic acids is 8. The van der Waals surface area contributed by atoms with Gasteiger partial charge in [0.15, 0.2) is 0 Å². The van der Waals surface area contributed by atoms with E-state index in [4.69, 9.17) is 0 Å². The second-order valence-corrected chi connectivity index (χ2v) is 15.7. The van der Waals surface area contributed by atoms with Gasteiger partial charge in [-0.1, -0.05) is 24.3 Å². The largest absolute Gasteiger partial charge is 0.393 e. The molecule has 8 bridgehead atoms. The van der Waals surface area contributed by atoms with Gasteiger partial charge in [-0.25, -0.2) is 0 Å². The lowest BCUT2D eigenvalue weighted by atomic mass is 9.81. The monoisotopic (exact) mass is 660 g/mol. The molecule has 0 amide bonds. The van der Waals surface area contributed by atoms with Crippen LogP contribution in [0.4, 0.5) is 0 Å². The average Bonchev–Trinajstić information content (AvgIpc) is 3.91. The van der Waals surface area contributed by atoms with Crippen LogP contribution >= 0.6 is 0 Å². The normalized spacial score (nSPS) is 49.0. The van der Waals surface area contributed by atoms with E-state index in [1.807, 2.05) is 24.3 Å². The first kappa shape index (κ1) is 30.1. The van der Waals surface area contributed by atoms with Crippen LogP contribution in [0.2, 0.25) is 0 Å². The van der Waals surface area contributed by atoms with Gasteiger partial charge >= 0.3 is 47.8 Å². The molecule has 4 saturated heterocycles. The van der Waals surface area contributed by atoms with E-state index in [1.165, 1.54) is 0 Å². The molecule has 0 radical (unpaired) electrons. The Bertz CT molecular complexity index is 1400. The van der Waals surface area contributed by atoms with Gasteiger partial charge in [0.05, 0.1) is 47.3 Å². The molecule has 48 heavy (non-hydrogen) atoms. The van der Waals surface area contributed by atoms with E-state index in [1.54, 1.807) is 0 Å². The molecular weight excluding hydrogens is 624 g/mol. The van der Waals surface area contributed by atoms with E-state index < -0.39 is 0 Å². The van der Waals surface area contributed by atoms with Crippen molar-refractivity contribution in [2.24, 2.45) is 94.7 Å². The fourth-order valence-corrected chi connectivity index (χ4v) is 11.8. The number of ether oxygens (including phenoxy) is 4. The van der Waals surface area contributed by atoms with Gasteiger partial charge < -0.3 is 18.9 Å². The van der Waals surface area contributed by atoms with Crippen LogP contribution in [0.5, 0.6) is 0 Å². The van der Waals surface area contributed by atoms with Gasteiger partial charge in [-0.05, 0) is 98.7 Å². The van der Waals surface area contributed by atoms with Gasteiger partial charge in [-0.15, -0.1) is 0 Å². The molecule has 10 fully saturated rings. The molecule has 0 aromatic carbocycles. The van der Waals surface area contributed by atoms with Gasteiger partial charge in [0.25, 0.3) is 0 Å². The number of fused-ring (bicyclic) bond motifs is 20. The molecule has 12 heteroatoms. The molecule has 0 spiro atoms. The van der Waals surface area contributed by atoms with Crippen LogP contribution in [0, 0.1) is 94.7 Å². The highest BCUT2D eigenvalue weighted by molar-refractivity contribution is 5.99. The van der Waals surface area contributed by atoms with Crippen molar-refractivity contribution in [1.29, 1.82) is 0 Å². The molecule has 16 atom stereocenters. The number of hydrogen-bond donors (Lipinski definition) is 0. The summed E-state index contributed by atoms with van der Waals surface area (Å²) >= 11 is 0. The molecule has 0 aromatic heterocycles. The summed E-state index contributed by atoms with van der Waals surface area (Å²) in [6, 6.07) is 0. The summed E-state index contributed by atoms with van der Waals surface area (Å²) in [5.41, 5.74) is 0. The van der Waals surface area contributed by atoms with Crippen LogP contribution in [0.3, 0.4) is 0 Å². The maximum Gasteiger partial charge on any atom is 0.318 e. The first-order valence-corrected chi connectivity index (χ1v) is 17.5. The third-order valence-corrected chi connectivity index (χ3v) is 13.7. The van der Waals surface area contributed by atoms with Crippen molar-refractivity contribution in [2.75, 3.05) is 0 Å². The van der Waals surface area contributed by atoms with Gasteiger partial charge in [0.2, 0.25) is 0 Å². The summed E-state index contributed by atoms with van der Waals surface area (Å²) in [5.74, 6) is -0.109. The Labute approximate surface area is 275 Å². The second kappa shape index (κ2) is 10.8. The fraction of sp³-hybridized carbons (Fsp3) is 0.667. The molecule has 4 aliphatic heterocycles. The molecule has 12 nitrogen and oxygen atoms in total. The third-order valence-electron chi connectivity index (χ3n) is 13.7. The highest BCUT2D eigenvalue weighted by Gasteiger charge is 2.61. The highest BCUT2D eigenvalue weighted by Crippen LogP contribution is 2.57. The van der Waals surface area contributed by atoms with Crippen LogP contribution in [-0.4, -0.2) is 47.8 Å². The van der Waals surface area contributed by atoms with Crippen molar-refractivity contribution >= 4 is 47.8 Å². The molecule has 8 aliphatic carbocycles. The van der Waals surface area contributed by atoms with Gasteiger partial charge in [-0.3, -0.25) is 38.4 Å². The number of rotatable bonds is 0. The minimum Gasteiger partial charge on any atom is -0.393 e. The SMILES string of the molecule is O=C1OC(=O)C2C3C=CC(C3)C12.O=C1OC(=O)C2C3C=CC(C3)C12.O=C1OC(=O)C2C3CCC(C3)C12.O=C1OC(=O)C2C3CCC(C3)C12. The maximum atomic E-state index is 11.2. The number of hydrogen-bond acceptors (Lipinski definition) is 12. The van der Waals surface area contributed by atoms with Crippen LogP contribution < -0.4 is 0 Å². The summed E-state index contributed by atoms with van der Waals surface area (Å²) in [6.07, 6.45) is 16.8. The maximum absolute atomic E-state index is 11.2. The van der Waals surface area contributed by atoms with Crippen LogP contribution in [-0.2, 0) is 57.3 Å². The van der Waals surface area contributed by atoms with E-state index >= 15 is 0 Å². The second-order valence-electron chi connectivity index (χ2n) is 15.7. The lowest BCUT2D eigenvalue weighted by Gasteiger charge is -2.17. The molecule has 0 aromatic rings. The van der Waals surface area contributed by atoms with E-state index in [0.29, 0.717) is 23.7 Å². The summed E-state index contributed by atoms with van der Waals surface area (Å²) in [6.45, 7) is 0. The molecule has 16 unspecified atom stereocenters. The Morgan fingerprint density at radius 3 is 0.750 bits per heavy atom. The summed E-state index contributed by atoms with van der Waals surface area (Å²) in [5, 5.41) is 0. The zero-order valence-electron chi connectivity index (χ0n) is 26.1. The Kier molecular flexibility index (Phi) is 6.76. The highest BCUT2D eigenvalue weighted by atomic mass is 16.6. The Hall–Kier alpha value is -3.96. The lowest BCUT2D eigenvalue weighted by Crippen LogP contribution is -2.24. The first-order valence-electron chi connectivity index (χ1n) is 17.5. The van der Waals surface area contributed by atoms with E-state index in [2.05, 4.69) is 18.9 Å². The third kappa shape index (κ3) is 4.32. The van der Waals surface area contributed by atoms with Gasteiger partial charge in [-0.2, -0.15) is 0 Å². The minimum atomic E-state index is -0.304. The van der Waals surface area contributed by atoms with Crippen LogP contribution in [0.15, 0.2) is 24.3 Å². The number of allylic oxidation sites excluding steroid dienone is 4. The topological polar surface area (TPSA) is 173 Å². The van der Waals surface area contributed by atoms with Gasteiger partial charge in [0.1, 0.15) is 0 Å². The summed E-state index contributed by atoms with van der Waals surface area (Å²) < 4.78 is 18.4. The molecule has 252 valence electrons. The fourth-order valence-electron chi connectivity index (χ4n) is 11.8. The minimum absolute atomic E-state index is 0.0590. The molecule has 12 aliphatic rings. The van der Waals surface area contributed by atoms with Crippen LogP contribution in [0.1, 0.15) is 51.4 Å². The predicted molar refractivity (Wildman–Crippen MR) is 155 cm³/mol. The average molecular weight is 661 g/mol. The predicted octanol–water partition coefficient (Wildman–Crippen LogP) is 2.48.